The summed E-state index contributed by atoms with van der Waals surface area (Å²) in [5.74, 6) is -0.787. The lowest BCUT2D eigenvalue weighted by Crippen LogP contribution is -2.28. The van der Waals surface area contributed by atoms with Crippen molar-refractivity contribution >= 4 is 22.5 Å². The van der Waals surface area contributed by atoms with Crippen LogP contribution in [0.3, 0.4) is 0 Å². The molecule has 122 valence electrons. The van der Waals surface area contributed by atoms with Crippen LogP contribution in [0.25, 0.3) is 10.9 Å². The van der Waals surface area contributed by atoms with E-state index in [0.29, 0.717) is 5.69 Å². The van der Waals surface area contributed by atoms with Crippen molar-refractivity contribution in [2.45, 2.75) is 20.4 Å². The van der Waals surface area contributed by atoms with Crippen LogP contribution in [0.2, 0.25) is 0 Å². The second-order valence-electron chi connectivity index (χ2n) is 5.76. The van der Waals surface area contributed by atoms with Crippen molar-refractivity contribution in [2.75, 3.05) is 5.32 Å². The first kappa shape index (κ1) is 15.9. The smallest absolute Gasteiger partial charge is 0.261 e. The van der Waals surface area contributed by atoms with Crippen molar-refractivity contribution in [3.8, 4) is 0 Å². The van der Waals surface area contributed by atoms with Crippen molar-refractivity contribution in [2.24, 2.45) is 0 Å². The van der Waals surface area contributed by atoms with Crippen LogP contribution in [0.4, 0.5) is 10.1 Å². The summed E-state index contributed by atoms with van der Waals surface area (Å²) in [7, 11) is 0. The van der Waals surface area contributed by atoms with Crippen molar-refractivity contribution in [1.29, 1.82) is 0 Å². The molecule has 1 amide bonds. The van der Waals surface area contributed by atoms with Gasteiger partial charge in [-0.05, 0) is 49.2 Å². The van der Waals surface area contributed by atoms with Gasteiger partial charge in [-0.2, -0.15) is 0 Å². The second kappa shape index (κ2) is 6.23. The van der Waals surface area contributed by atoms with Gasteiger partial charge in [0.25, 0.3) is 5.56 Å². The normalized spacial score (nSPS) is 10.8. The topological polar surface area (TPSA) is 64.0 Å². The van der Waals surface area contributed by atoms with E-state index in [2.05, 4.69) is 10.3 Å². The molecule has 0 bridgehead atoms. The van der Waals surface area contributed by atoms with Crippen LogP contribution in [0.15, 0.2) is 47.5 Å². The molecule has 24 heavy (non-hydrogen) atoms. The number of amides is 1. The van der Waals surface area contributed by atoms with Gasteiger partial charge in [0, 0.05) is 11.8 Å². The molecule has 6 heteroatoms. The summed E-state index contributed by atoms with van der Waals surface area (Å²) in [6.07, 6.45) is 1.26. The van der Waals surface area contributed by atoms with Crippen LogP contribution in [-0.4, -0.2) is 15.5 Å². The molecule has 0 spiro atoms. The average Bonchev–Trinajstić information content (AvgIpc) is 2.49. The average molecular weight is 325 g/mol. The lowest BCUT2D eigenvalue weighted by atomic mass is 10.1. The van der Waals surface area contributed by atoms with Gasteiger partial charge in [0.05, 0.1) is 17.2 Å². The maximum absolute atomic E-state index is 13.2. The highest BCUT2D eigenvalue weighted by Crippen LogP contribution is 2.14. The Morgan fingerprint density at radius 1 is 1.17 bits per heavy atom. The number of rotatable bonds is 3. The van der Waals surface area contributed by atoms with Gasteiger partial charge in [0.2, 0.25) is 5.91 Å². The minimum absolute atomic E-state index is 0.161. The molecule has 0 fully saturated rings. The molecule has 0 atom stereocenters. The Kier molecular flexibility index (Phi) is 4.12. The van der Waals surface area contributed by atoms with E-state index in [1.807, 2.05) is 32.0 Å². The third-order valence-corrected chi connectivity index (χ3v) is 3.61. The van der Waals surface area contributed by atoms with Gasteiger partial charge in [-0.15, -0.1) is 0 Å². The fourth-order valence-electron chi connectivity index (χ4n) is 2.65. The number of nitrogens with one attached hydrogen (secondary N) is 1. The predicted molar refractivity (Wildman–Crippen MR) is 90.5 cm³/mol. The van der Waals surface area contributed by atoms with E-state index >= 15 is 0 Å². The molecule has 2 aromatic carbocycles. The van der Waals surface area contributed by atoms with Gasteiger partial charge in [-0.3, -0.25) is 14.2 Å². The quantitative estimate of drug-likeness (QED) is 0.805. The largest absolute Gasteiger partial charge is 0.325 e. The number of hydrogen-bond donors (Lipinski definition) is 1. The molecule has 3 rings (SSSR count). The highest BCUT2D eigenvalue weighted by molar-refractivity contribution is 5.91. The summed E-state index contributed by atoms with van der Waals surface area (Å²) in [6.45, 7) is 3.73. The zero-order chi connectivity index (χ0) is 17.3. The van der Waals surface area contributed by atoms with Crippen molar-refractivity contribution in [3.05, 3.63) is 70.0 Å². The molecular formula is C18H16FN3O2. The Morgan fingerprint density at radius 2 is 1.88 bits per heavy atom. The van der Waals surface area contributed by atoms with E-state index in [9.17, 15) is 14.0 Å². The Bertz CT molecular complexity index is 975. The molecule has 0 saturated heterocycles. The standard InChI is InChI=1S/C18H16FN3O2/c1-11-5-12(2)7-14(6-11)21-17(23)9-22-10-20-16-8-13(19)3-4-15(16)18(22)24/h3-8,10H,9H2,1-2H3,(H,21,23). The number of aromatic nitrogens is 2. The molecule has 0 aliphatic heterocycles. The van der Waals surface area contributed by atoms with Gasteiger partial charge in [-0.25, -0.2) is 9.37 Å². The third kappa shape index (κ3) is 3.32. The van der Waals surface area contributed by atoms with E-state index in [1.165, 1.54) is 29.1 Å². The first-order valence-corrected chi connectivity index (χ1v) is 7.45. The minimum atomic E-state index is -0.459. The van der Waals surface area contributed by atoms with E-state index in [0.717, 1.165) is 11.1 Å². The highest BCUT2D eigenvalue weighted by atomic mass is 19.1. The van der Waals surface area contributed by atoms with E-state index in [-0.39, 0.29) is 28.9 Å². The van der Waals surface area contributed by atoms with Gasteiger partial charge < -0.3 is 5.32 Å². The molecule has 0 aliphatic carbocycles. The first-order chi connectivity index (χ1) is 11.4. The molecule has 5 nitrogen and oxygen atoms in total. The summed E-state index contributed by atoms with van der Waals surface area (Å²) in [6, 6.07) is 9.48. The number of benzene rings is 2. The maximum atomic E-state index is 13.2. The number of hydrogen-bond acceptors (Lipinski definition) is 3. The summed E-state index contributed by atoms with van der Waals surface area (Å²) in [5.41, 5.74) is 2.65. The SMILES string of the molecule is Cc1cc(C)cc(NC(=O)Cn2cnc3cc(F)ccc3c2=O)c1. The number of nitrogens with zero attached hydrogens (tertiary/aromatic N) is 2. The number of halogens is 1. The Morgan fingerprint density at radius 3 is 2.58 bits per heavy atom. The Balaban J connectivity index is 1.84. The molecule has 1 aromatic heterocycles. The summed E-state index contributed by atoms with van der Waals surface area (Å²) < 4.78 is 14.4. The van der Waals surface area contributed by atoms with Crippen molar-refractivity contribution in [3.63, 3.8) is 0 Å². The monoisotopic (exact) mass is 325 g/mol. The second-order valence-corrected chi connectivity index (χ2v) is 5.76. The Labute approximate surface area is 137 Å². The summed E-state index contributed by atoms with van der Waals surface area (Å²) in [4.78, 5) is 28.6. The maximum Gasteiger partial charge on any atom is 0.261 e. The van der Waals surface area contributed by atoms with Crippen LogP contribution in [-0.2, 0) is 11.3 Å². The molecule has 1 N–H and O–H groups in total. The number of fused-ring (bicyclic) bond motifs is 1. The van der Waals surface area contributed by atoms with Crippen LogP contribution in [0, 0.1) is 19.7 Å². The zero-order valence-electron chi connectivity index (χ0n) is 13.3. The zero-order valence-corrected chi connectivity index (χ0v) is 13.3. The lowest BCUT2D eigenvalue weighted by Gasteiger charge is -2.09. The van der Waals surface area contributed by atoms with Crippen molar-refractivity contribution < 1.29 is 9.18 Å². The molecule has 0 radical (unpaired) electrons. The minimum Gasteiger partial charge on any atom is -0.325 e. The van der Waals surface area contributed by atoms with Crippen LogP contribution >= 0.6 is 0 Å². The van der Waals surface area contributed by atoms with Gasteiger partial charge in [0.15, 0.2) is 0 Å². The fraction of sp³-hybridized carbons (Fsp3) is 0.167. The molecule has 0 aliphatic rings. The summed E-state index contributed by atoms with van der Waals surface area (Å²) >= 11 is 0. The van der Waals surface area contributed by atoms with E-state index < -0.39 is 5.82 Å². The number of carbonyl (C=O) groups is 1. The predicted octanol–water partition coefficient (Wildman–Crippen LogP) is 2.79. The Hall–Kier alpha value is -3.02. The van der Waals surface area contributed by atoms with Crippen LogP contribution < -0.4 is 10.9 Å². The molecule has 0 saturated carbocycles. The molecular weight excluding hydrogens is 309 g/mol. The first-order valence-electron chi connectivity index (χ1n) is 7.45. The van der Waals surface area contributed by atoms with Crippen molar-refractivity contribution in [1.82, 2.24) is 9.55 Å². The van der Waals surface area contributed by atoms with Gasteiger partial charge in [-0.1, -0.05) is 6.07 Å². The number of anilines is 1. The number of carbonyl (C=O) groups excluding carboxylic acids is 1. The molecule has 3 aromatic rings. The van der Waals surface area contributed by atoms with E-state index in [4.69, 9.17) is 0 Å². The van der Waals surface area contributed by atoms with Gasteiger partial charge >= 0.3 is 0 Å². The van der Waals surface area contributed by atoms with Crippen LogP contribution in [0.1, 0.15) is 11.1 Å². The summed E-state index contributed by atoms with van der Waals surface area (Å²) in [5, 5.41) is 3.05. The third-order valence-electron chi connectivity index (χ3n) is 3.61. The highest BCUT2D eigenvalue weighted by Gasteiger charge is 2.09. The lowest BCUT2D eigenvalue weighted by molar-refractivity contribution is -0.116. The van der Waals surface area contributed by atoms with Gasteiger partial charge in [0.1, 0.15) is 12.4 Å². The fourth-order valence-corrected chi connectivity index (χ4v) is 2.65. The molecule has 1 heterocycles. The molecule has 0 unspecified atom stereocenters. The van der Waals surface area contributed by atoms with E-state index in [1.54, 1.807) is 0 Å². The van der Waals surface area contributed by atoms with Crippen LogP contribution in [0.5, 0.6) is 0 Å². The number of aryl methyl sites for hydroxylation is 2.